The van der Waals surface area contributed by atoms with Gasteiger partial charge in [-0.2, -0.15) is 0 Å². The van der Waals surface area contributed by atoms with Gasteiger partial charge in [0.15, 0.2) is 0 Å². The van der Waals surface area contributed by atoms with Crippen molar-refractivity contribution < 1.29 is 9.84 Å². The van der Waals surface area contributed by atoms with Crippen molar-refractivity contribution in [3.63, 3.8) is 0 Å². The molecule has 0 unspecified atom stereocenters. The van der Waals surface area contributed by atoms with Crippen LogP contribution in [0.4, 0.5) is 0 Å². The molecule has 0 saturated carbocycles. The summed E-state index contributed by atoms with van der Waals surface area (Å²) in [7, 11) is 1.62. The Morgan fingerprint density at radius 3 is 2.56 bits per heavy atom. The molecule has 0 atom stereocenters. The topological polar surface area (TPSA) is 46.8 Å². The van der Waals surface area contributed by atoms with Crippen LogP contribution in [0.1, 0.15) is 0 Å². The Labute approximate surface area is 104 Å². The number of methoxy groups -OCH3 is 1. The lowest BCUT2D eigenvalue weighted by Gasteiger charge is -2.01. The summed E-state index contributed by atoms with van der Waals surface area (Å²) in [6.07, 6.45) is 1.78. The van der Waals surface area contributed by atoms with Gasteiger partial charge < -0.3 is 9.84 Å². The number of fused-ring (bicyclic) bond motifs is 1. The average Bonchev–Trinajstić information content (AvgIpc) is 2.77. The molecule has 0 aliphatic heterocycles. The number of rotatable bonds is 2. The van der Waals surface area contributed by atoms with Crippen LogP contribution >= 0.6 is 0 Å². The summed E-state index contributed by atoms with van der Waals surface area (Å²) in [6, 6.07) is 13.0. The predicted molar refractivity (Wildman–Crippen MR) is 68.8 cm³/mol. The molecular weight excluding hydrogens is 228 g/mol. The zero-order valence-electron chi connectivity index (χ0n) is 9.87. The number of hydrogen-bond acceptors (Lipinski definition) is 3. The summed E-state index contributed by atoms with van der Waals surface area (Å²) in [5.74, 6) is 0.928. The molecule has 0 saturated heterocycles. The van der Waals surface area contributed by atoms with Crippen molar-refractivity contribution in [3.05, 3.63) is 48.7 Å². The van der Waals surface area contributed by atoms with Crippen molar-refractivity contribution >= 4 is 5.65 Å². The van der Waals surface area contributed by atoms with Crippen molar-refractivity contribution in [1.82, 2.24) is 9.38 Å². The van der Waals surface area contributed by atoms with E-state index in [1.165, 1.54) is 0 Å². The van der Waals surface area contributed by atoms with E-state index in [1.54, 1.807) is 17.7 Å². The van der Waals surface area contributed by atoms with Gasteiger partial charge in [-0.15, -0.1) is 0 Å². The minimum absolute atomic E-state index is 0.149. The third-order valence-electron chi connectivity index (χ3n) is 2.87. The maximum absolute atomic E-state index is 10.1. The van der Waals surface area contributed by atoms with E-state index >= 15 is 0 Å². The third kappa shape index (κ3) is 1.59. The summed E-state index contributed by atoms with van der Waals surface area (Å²) in [4.78, 5) is 4.41. The highest BCUT2D eigenvalue weighted by Crippen LogP contribution is 2.30. The number of nitrogens with zero attached hydrogens (tertiary/aromatic N) is 2. The lowest BCUT2D eigenvalue weighted by Crippen LogP contribution is -1.83. The van der Waals surface area contributed by atoms with E-state index < -0.39 is 0 Å². The summed E-state index contributed by atoms with van der Waals surface area (Å²) in [5, 5.41) is 10.1. The minimum atomic E-state index is 0.149. The monoisotopic (exact) mass is 240 g/mol. The van der Waals surface area contributed by atoms with Crippen molar-refractivity contribution in [2.75, 3.05) is 7.11 Å². The van der Waals surface area contributed by atoms with Gasteiger partial charge in [0.2, 0.25) is 5.88 Å². The number of pyridine rings is 1. The Morgan fingerprint density at radius 1 is 1.11 bits per heavy atom. The number of ether oxygens (including phenoxy) is 1. The van der Waals surface area contributed by atoms with Crippen molar-refractivity contribution in [3.8, 4) is 22.9 Å². The molecule has 3 rings (SSSR count). The summed E-state index contributed by atoms with van der Waals surface area (Å²) in [6.45, 7) is 0. The highest BCUT2D eigenvalue weighted by atomic mass is 16.5. The van der Waals surface area contributed by atoms with Gasteiger partial charge in [-0.05, 0) is 36.4 Å². The molecule has 0 bridgehead atoms. The second-order valence-corrected chi connectivity index (χ2v) is 3.94. The largest absolute Gasteiger partial charge is 0.497 e. The smallest absolute Gasteiger partial charge is 0.224 e. The summed E-state index contributed by atoms with van der Waals surface area (Å²) >= 11 is 0. The fraction of sp³-hybridized carbons (Fsp3) is 0.0714. The number of hydrogen-bond donors (Lipinski definition) is 1. The molecule has 1 N–H and O–H groups in total. The molecule has 0 aliphatic carbocycles. The molecule has 2 heterocycles. The first-order chi connectivity index (χ1) is 8.79. The van der Waals surface area contributed by atoms with Crippen LogP contribution in [0.15, 0.2) is 48.7 Å². The Kier molecular flexibility index (Phi) is 2.41. The maximum atomic E-state index is 10.1. The van der Waals surface area contributed by atoms with E-state index in [-0.39, 0.29) is 5.88 Å². The molecule has 2 aromatic heterocycles. The molecule has 4 nitrogen and oxygen atoms in total. The van der Waals surface area contributed by atoms with Crippen LogP contribution in [0.5, 0.6) is 11.6 Å². The van der Waals surface area contributed by atoms with Gasteiger partial charge >= 0.3 is 0 Å². The van der Waals surface area contributed by atoms with E-state index in [4.69, 9.17) is 4.74 Å². The molecule has 0 fully saturated rings. The van der Waals surface area contributed by atoms with Crippen LogP contribution in [0, 0.1) is 0 Å². The molecule has 90 valence electrons. The maximum Gasteiger partial charge on any atom is 0.224 e. The first-order valence-electron chi connectivity index (χ1n) is 5.60. The second-order valence-electron chi connectivity index (χ2n) is 3.94. The Morgan fingerprint density at radius 2 is 1.89 bits per heavy atom. The van der Waals surface area contributed by atoms with Crippen LogP contribution in [0.25, 0.3) is 16.9 Å². The molecule has 18 heavy (non-hydrogen) atoms. The second kappa shape index (κ2) is 4.07. The Hall–Kier alpha value is -2.49. The molecule has 0 spiro atoms. The highest BCUT2D eigenvalue weighted by Gasteiger charge is 2.12. The van der Waals surface area contributed by atoms with Crippen LogP contribution in [-0.2, 0) is 0 Å². The number of aromatic nitrogens is 2. The van der Waals surface area contributed by atoms with Crippen LogP contribution in [-0.4, -0.2) is 21.6 Å². The van der Waals surface area contributed by atoms with E-state index in [2.05, 4.69) is 4.98 Å². The van der Waals surface area contributed by atoms with Gasteiger partial charge in [0.05, 0.1) is 7.11 Å². The predicted octanol–water partition coefficient (Wildman–Crippen LogP) is 2.72. The first kappa shape index (κ1) is 10.7. The standard InChI is InChI=1S/C14H12N2O2/c1-18-11-7-5-10(6-8-11)13-14(17)16-9-3-2-4-12(16)15-13/h2-9,17H,1H3. The molecule has 1 aromatic carbocycles. The van der Waals surface area contributed by atoms with E-state index in [0.29, 0.717) is 5.69 Å². The average molecular weight is 240 g/mol. The van der Waals surface area contributed by atoms with Crippen LogP contribution in [0.3, 0.4) is 0 Å². The normalized spacial score (nSPS) is 10.7. The van der Waals surface area contributed by atoms with Gasteiger partial charge in [0.1, 0.15) is 17.1 Å². The van der Waals surface area contributed by atoms with Crippen molar-refractivity contribution in [2.24, 2.45) is 0 Å². The van der Waals surface area contributed by atoms with E-state index in [9.17, 15) is 5.11 Å². The van der Waals surface area contributed by atoms with Crippen molar-refractivity contribution in [1.29, 1.82) is 0 Å². The fourth-order valence-corrected chi connectivity index (χ4v) is 1.93. The highest BCUT2D eigenvalue weighted by molar-refractivity contribution is 5.69. The van der Waals surface area contributed by atoms with Crippen LogP contribution in [0.2, 0.25) is 0 Å². The van der Waals surface area contributed by atoms with Gasteiger partial charge in [0, 0.05) is 11.8 Å². The first-order valence-corrected chi connectivity index (χ1v) is 5.60. The molecule has 0 radical (unpaired) electrons. The SMILES string of the molecule is COc1ccc(-c2nc3ccccn3c2O)cc1. The lowest BCUT2D eigenvalue weighted by molar-refractivity contribution is 0.415. The Balaban J connectivity index is 2.15. The number of aromatic hydroxyl groups is 1. The quantitative estimate of drug-likeness (QED) is 0.749. The van der Waals surface area contributed by atoms with Gasteiger partial charge in [-0.3, -0.25) is 4.40 Å². The zero-order valence-corrected chi connectivity index (χ0v) is 9.87. The summed E-state index contributed by atoms with van der Waals surface area (Å²) < 4.78 is 6.76. The molecule has 0 aliphatic rings. The molecule has 0 amide bonds. The van der Waals surface area contributed by atoms with E-state index in [0.717, 1.165) is 17.0 Å². The Bertz CT molecular complexity index is 687. The van der Waals surface area contributed by atoms with Crippen LogP contribution < -0.4 is 4.74 Å². The van der Waals surface area contributed by atoms with Gasteiger partial charge in [0.25, 0.3) is 0 Å². The number of benzene rings is 1. The fourth-order valence-electron chi connectivity index (χ4n) is 1.93. The third-order valence-corrected chi connectivity index (χ3v) is 2.87. The molecular formula is C14H12N2O2. The minimum Gasteiger partial charge on any atom is -0.497 e. The van der Waals surface area contributed by atoms with Gasteiger partial charge in [-0.25, -0.2) is 4.98 Å². The van der Waals surface area contributed by atoms with Crippen molar-refractivity contribution in [2.45, 2.75) is 0 Å². The number of imidazole rings is 1. The van der Waals surface area contributed by atoms with Gasteiger partial charge in [-0.1, -0.05) is 6.07 Å². The zero-order chi connectivity index (χ0) is 12.5. The van der Waals surface area contributed by atoms with E-state index in [1.807, 2.05) is 42.5 Å². The lowest BCUT2D eigenvalue weighted by atomic mass is 10.1. The molecule has 3 aromatic rings. The summed E-state index contributed by atoms with van der Waals surface area (Å²) in [5.41, 5.74) is 2.15. The molecule has 4 heteroatoms.